The van der Waals surface area contributed by atoms with Crippen molar-refractivity contribution < 1.29 is 37.0 Å². The average Bonchev–Trinajstić information content (AvgIpc) is 3.18. The molecule has 202 valence electrons. The molecule has 2 heterocycles. The van der Waals surface area contributed by atoms with Gasteiger partial charge in [-0.25, -0.2) is 4.79 Å². The first kappa shape index (κ1) is 28.5. The number of benzene rings is 1. The molecule has 1 atom stereocenters. The van der Waals surface area contributed by atoms with Crippen LogP contribution in [0.25, 0.3) is 0 Å². The lowest BCUT2D eigenvalue weighted by atomic mass is 10.0. The molecule has 0 saturated heterocycles. The number of thiophene rings is 1. The molecule has 3 rings (SSSR count). The van der Waals surface area contributed by atoms with Gasteiger partial charge in [-0.15, -0.1) is 11.3 Å². The Hall–Kier alpha value is -3.08. The van der Waals surface area contributed by atoms with Gasteiger partial charge >= 0.3 is 18.2 Å². The topological polar surface area (TPSA) is 84.9 Å². The Morgan fingerprint density at radius 2 is 1.81 bits per heavy atom. The van der Waals surface area contributed by atoms with Crippen molar-refractivity contribution in [1.82, 2.24) is 10.2 Å². The second-order valence-electron chi connectivity index (χ2n) is 9.75. The van der Waals surface area contributed by atoms with Crippen molar-refractivity contribution in [2.75, 3.05) is 13.2 Å². The summed E-state index contributed by atoms with van der Waals surface area (Å²) in [6.07, 6.45) is -4.51. The van der Waals surface area contributed by atoms with Gasteiger partial charge in [0, 0.05) is 29.3 Å². The van der Waals surface area contributed by atoms with Crippen LogP contribution in [-0.2, 0) is 51.0 Å². The van der Waals surface area contributed by atoms with Crippen LogP contribution in [0.5, 0.6) is 0 Å². The van der Waals surface area contributed by atoms with Gasteiger partial charge in [-0.2, -0.15) is 13.2 Å². The molecule has 0 fully saturated rings. The van der Waals surface area contributed by atoms with Crippen LogP contribution >= 0.6 is 11.3 Å². The molecule has 1 aromatic heterocycles. The molecule has 0 spiro atoms. The summed E-state index contributed by atoms with van der Waals surface area (Å²) in [5.41, 5.74) is -0.196. The smallest absolute Gasteiger partial charge is 0.416 e. The van der Waals surface area contributed by atoms with Gasteiger partial charge in [-0.05, 0) is 63.4 Å². The Balaban J connectivity index is 1.76. The Bertz CT molecular complexity index is 1120. The Labute approximate surface area is 217 Å². The van der Waals surface area contributed by atoms with Crippen LogP contribution in [0.3, 0.4) is 0 Å². The number of carbonyl (C=O) groups is 3. The van der Waals surface area contributed by atoms with Gasteiger partial charge in [-0.3, -0.25) is 9.59 Å². The van der Waals surface area contributed by atoms with E-state index in [-0.39, 0.29) is 24.7 Å². The highest BCUT2D eigenvalue weighted by atomic mass is 32.1. The number of alkyl carbamates (subject to hydrolysis) is 1. The zero-order valence-electron chi connectivity index (χ0n) is 21.2. The average molecular weight is 541 g/mol. The summed E-state index contributed by atoms with van der Waals surface area (Å²) in [6, 6.07) is 5.36. The number of rotatable bonds is 7. The lowest BCUT2D eigenvalue weighted by molar-refractivity contribution is -0.142. The molecule has 0 saturated carbocycles. The Morgan fingerprint density at radius 3 is 2.41 bits per heavy atom. The Morgan fingerprint density at radius 1 is 1.14 bits per heavy atom. The quantitative estimate of drug-likeness (QED) is 0.506. The van der Waals surface area contributed by atoms with Crippen molar-refractivity contribution in [2.45, 2.75) is 71.3 Å². The van der Waals surface area contributed by atoms with Gasteiger partial charge in [0.05, 0.1) is 18.6 Å². The molecule has 2 aromatic rings. The number of esters is 1. The summed E-state index contributed by atoms with van der Waals surface area (Å²) in [7, 11) is 0. The van der Waals surface area contributed by atoms with Gasteiger partial charge in [0.15, 0.2) is 0 Å². The Kier molecular flexibility index (Phi) is 8.88. The van der Waals surface area contributed by atoms with E-state index in [4.69, 9.17) is 9.47 Å². The maximum Gasteiger partial charge on any atom is 0.416 e. The molecule has 2 amide bonds. The summed E-state index contributed by atoms with van der Waals surface area (Å²) in [4.78, 5) is 41.4. The first-order chi connectivity index (χ1) is 17.2. The van der Waals surface area contributed by atoms with Crippen LogP contribution < -0.4 is 5.32 Å². The van der Waals surface area contributed by atoms with E-state index in [1.165, 1.54) is 23.5 Å². The van der Waals surface area contributed by atoms with Gasteiger partial charge in [0.25, 0.3) is 0 Å². The van der Waals surface area contributed by atoms with Crippen molar-refractivity contribution in [3.8, 4) is 0 Å². The molecule has 0 aliphatic carbocycles. The molecule has 0 bridgehead atoms. The van der Waals surface area contributed by atoms with Crippen LogP contribution in [0.1, 0.15) is 54.1 Å². The largest absolute Gasteiger partial charge is 0.466 e. The molecule has 11 heteroatoms. The molecule has 1 aliphatic heterocycles. The number of carbonyl (C=O) groups excluding carboxylic acids is 3. The zero-order chi connectivity index (χ0) is 27.4. The fourth-order valence-corrected chi connectivity index (χ4v) is 5.12. The van der Waals surface area contributed by atoms with Gasteiger partial charge < -0.3 is 19.7 Å². The van der Waals surface area contributed by atoms with Crippen molar-refractivity contribution in [2.24, 2.45) is 0 Å². The number of halogens is 3. The SMILES string of the molecule is CCOC(=O)Cc1cc2c(s1)CCN(C(=O)[C@H](Cc1ccc(C(F)(F)F)cc1)NC(=O)OC(C)(C)C)C2. The normalized spacial score (nSPS) is 14.5. The van der Waals surface area contributed by atoms with E-state index in [2.05, 4.69) is 5.32 Å². The molecule has 37 heavy (non-hydrogen) atoms. The number of hydrogen-bond donors (Lipinski definition) is 1. The number of fused-ring (bicyclic) bond motifs is 1. The number of nitrogens with zero attached hydrogens (tertiary/aromatic N) is 1. The van der Waals surface area contributed by atoms with E-state index >= 15 is 0 Å². The fraction of sp³-hybridized carbons (Fsp3) is 0.500. The third-order valence-electron chi connectivity index (χ3n) is 5.56. The van der Waals surface area contributed by atoms with E-state index < -0.39 is 29.5 Å². The maximum atomic E-state index is 13.5. The second-order valence-corrected chi connectivity index (χ2v) is 11.0. The molecule has 7 nitrogen and oxygen atoms in total. The highest BCUT2D eigenvalue weighted by molar-refractivity contribution is 7.12. The maximum absolute atomic E-state index is 13.5. The third-order valence-corrected chi connectivity index (χ3v) is 6.80. The second kappa shape index (κ2) is 11.5. The van der Waals surface area contributed by atoms with Crippen LogP contribution in [0.4, 0.5) is 18.0 Å². The standard InChI is InChI=1S/C26H31F3N2O5S/c1-5-35-22(32)14-19-13-17-15-31(11-10-21(17)37-19)23(33)20(30-24(34)36-25(2,3)4)12-16-6-8-18(9-7-16)26(27,28)29/h6-9,13,20H,5,10-12,14-15H2,1-4H3,(H,30,34)/t20-/m0/s1. The van der Waals surface area contributed by atoms with E-state index in [1.54, 1.807) is 32.6 Å². The molecule has 1 N–H and O–H groups in total. The number of ether oxygens (including phenoxy) is 2. The minimum Gasteiger partial charge on any atom is -0.466 e. The summed E-state index contributed by atoms with van der Waals surface area (Å²) in [5.74, 6) is -0.679. The molecular formula is C26H31F3N2O5S. The van der Waals surface area contributed by atoms with Crippen LogP contribution in [0, 0.1) is 0 Å². The van der Waals surface area contributed by atoms with Crippen molar-refractivity contribution in [1.29, 1.82) is 0 Å². The number of nitrogens with one attached hydrogen (secondary N) is 1. The predicted molar refractivity (Wildman–Crippen MR) is 132 cm³/mol. The monoisotopic (exact) mass is 540 g/mol. The predicted octanol–water partition coefficient (Wildman–Crippen LogP) is 4.89. The summed E-state index contributed by atoms with van der Waals surface area (Å²) in [6.45, 7) is 7.82. The number of hydrogen-bond acceptors (Lipinski definition) is 6. The van der Waals surface area contributed by atoms with Crippen molar-refractivity contribution in [3.05, 3.63) is 56.8 Å². The first-order valence-corrected chi connectivity index (χ1v) is 12.8. The molecule has 0 unspecified atom stereocenters. The highest BCUT2D eigenvalue weighted by Crippen LogP contribution is 2.30. The molecule has 1 aromatic carbocycles. The highest BCUT2D eigenvalue weighted by Gasteiger charge is 2.33. The number of amides is 2. The molecular weight excluding hydrogens is 509 g/mol. The first-order valence-electron chi connectivity index (χ1n) is 12.0. The summed E-state index contributed by atoms with van der Waals surface area (Å²) < 4.78 is 49.2. The lowest BCUT2D eigenvalue weighted by Crippen LogP contribution is -2.51. The van der Waals surface area contributed by atoms with Crippen LogP contribution in [0.15, 0.2) is 30.3 Å². The molecule has 0 radical (unpaired) electrons. The van der Waals surface area contributed by atoms with E-state index in [0.717, 1.165) is 27.5 Å². The lowest BCUT2D eigenvalue weighted by Gasteiger charge is -2.31. The fourth-order valence-electron chi connectivity index (χ4n) is 3.96. The minimum absolute atomic E-state index is 0.00266. The van der Waals surface area contributed by atoms with Gasteiger partial charge in [0.2, 0.25) is 5.91 Å². The minimum atomic E-state index is -4.47. The zero-order valence-corrected chi connectivity index (χ0v) is 22.1. The van der Waals surface area contributed by atoms with Crippen molar-refractivity contribution >= 4 is 29.3 Å². The number of alkyl halides is 3. The summed E-state index contributed by atoms with van der Waals surface area (Å²) >= 11 is 1.51. The van der Waals surface area contributed by atoms with Crippen LogP contribution in [0.2, 0.25) is 0 Å². The van der Waals surface area contributed by atoms with Crippen molar-refractivity contribution in [3.63, 3.8) is 0 Å². The summed E-state index contributed by atoms with van der Waals surface area (Å²) in [5, 5.41) is 2.60. The van der Waals surface area contributed by atoms with Crippen LogP contribution in [-0.4, -0.2) is 47.7 Å². The third kappa shape index (κ3) is 8.21. The van der Waals surface area contributed by atoms with E-state index in [1.807, 2.05) is 6.07 Å². The van der Waals surface area contributed by atoms with Gasteiger partial charge in [-0.1, -0.05) is 12.1 Å². The van der Waals surface area contributed by atoms with E-state index in [9.17, 15) is 27.6 Å². The van der Waals surface area contributed by atoms with Gasteiger partial charge in [0.1, 0.15) is 11.6 Å². The van der Waals surface area contributed by atoms with E-state index in [0.29, 0.717) is 31.7 Å². The molecule has 1 aliphatic rings.